The number of nitrogens with zero attached hydrogens (tertiary/aromatic N) is 1. The molecular formula is C8H7N2O5P. The Labute approximate surface area is 89.0 Å². The number of rotatable bonds is 2. The number of H-pyrrole nitrogens is 1. The highest BCUT2D eigenvalue weighted by Crippen LogP contribution is 2.35. The first kappa shape index (κ1) is 10.8. The first-order valence-electron chi connectivity index (χ1n) is 4.20. The van der Waals surface area contributed by atoms with Crippen molar-refractivity contribution in [2.45, 2.75) is 0 Å². The average Bonchev–Trinajstić information content (AvgIpc) is 2.17. The van der Waals surface area contributed by atoms with E-state index in [1.165, 1.54) is 0 Å². The summed E-state index contributed by atoms with van der Waals surface area (Å²) in [5.74, 6) is -0.646. The number of fused-ring (bicyclic) bond motifs is 1. The van der Waals surface area contributed by atoms with Gasteiger partial charge in [0.1, 0.15) is 0 Å². The molecule has 0 spiro atoms. The quantitative estimate of drug-likeness (QED) is 0.657. The number of nitrogens with one attached hydrogen (secondary N) is 1. The lowest BCUT2D eigenvalue weighted by atomic mass is 10.3. The van der Waals surface area contributed by atoms with E-state index in [0.29, 0.717) is 11.0 Å². The van der Waals surface area contributed by atoms with E-state index in [9.17, 15) is 9.36 Å². The molecule has 1 aromatic carbocycles. The van der Waals surface area contributed by atoms with Gasteiger partial charge in [0.15, 0.2) is 0 Å². The first-order chi connectivity index (χ1) is 7.46. The summed E-state index contributed by atoms with van der Waals surface area (Å²) >= 11 is 0. The molecule has 2 rings (SSSR count). The molecule has 2 aromatic rings. The summed E-state index contributed by atoms with van der Waals surface area (Å²) in [6.07, 6.45) is 0. The summed E-state index contributed by atoms with van der Waals surface area (Å²) < 4.78 is 14.7. The van der Waals surface area contributed by atoms with Gasteiger partial charge in [-0.3, -0.25) is 14.6 Å². The Hall–Kier alpha value is -1.69. The fourth-order valence-corrected chi connectivity index (χ4v) is 1.54. The van der Waals surface area contributed by atoms with E-state index in [1.807, 2.05) is 0 Å². The highest BCUT2D eigenvalue weighted by molar-refractivity contribution is 7.46. The molecule has 1 aromatic heterocycles. The highest BCUT2D eigenvalue weighted by atomic mass is 31.2. The van der Waals surface area contributed by atoms with Crippen LogP contribution < -0.4 is 10.1 Å². The van der Waals surface area contributed by atoms with Gasteiger partial charge in [0.25, 0.3) is 5.88 Å². The van der Waals surface area contributed by atoms with Crippen LogP contribution in [0.5, 0.6) is 5.88 Å². The lowest BCUT2D eigenvalue weighted by Crippen LogP contribution is -2.12. The monoisotopic (exact) mass is 242 g/mol. The molecule has 16 heavy (non-hydrogen) atoms. The van der Waals surface area contributed by atoms with Gasteiger partial charge in [0, 0.05) is 0 Å². The summed E-state index contributed by atoms with van der Waals surface area (Å²) in [7, 11) is -4.78. The molecule has 1 heterocycles. The van der Waals surface area contributed by atoms with Gasteiger partial charge in [-0.15, -0.1) is 0 Å². The zero-order valence-electron chi connectivity index (χ0n) is 7.82. The molecule has 3 N–H and O–H groups in total. The number of aromatic amines is 1. The number of phosphoric ester groups is 1. The van der Waals surface area contributed by atoms with Crippen molar-refractivity contribution < 1.29 is 18.9 Å². The predicted molar refractivity (Wildman–Crippen MR) is 55.0 cm³/mol. The molecule has 0 fully saturated rings. The Morgan fingerprint density at radius 2 is 2.00 bits per heavy atom. The van der Waals surface area contributed by atoms with Gasteiger partial charge >= 0.3 is 13.4 Å². The first-order valence-corrected chi connectivity index (χ1v) is 5.73. The normalized spacial score (nSPS) is 11.6. The average molecular weight is 242 g/mol. The maximum absolute atomic E-state index is 11.3. The molecule has 0 amide bonds. The number of aromatic nitrogens is 2. The maximum atomic E-state index is 11.3. The van der Waals surface area contributed by atoms with Gasteiger partial charge in [-0.1, -0.05) is 12.1 Å². The number of para-hydroxylation sites is 2. The largest absolute Gasteiger partial charge is 0.526 e. The minimum Gasteiger partial charge on any atom is -0.380 e. The maximum Gasteiger partial charge on any atom is 0.526 e. The number of hydrogen-bond donors (Lipinski definition) is 3. The van der Waals surface area contributed by atoms with Crippen LogP contribution in [0, 0.1) is 0 Å². The summed E-state index contributed by atoms with van der Waals surface area (Å²) in [6.45, 7) is 0. The van der Waals surface area contributed by atoms with Crippen LogP contribution in [-0.2, 0) is 4.57 Å². The second kappa shape index (κ2) is 3.71. The third-order valence-corrected chi connectivity index (χ3v) is 2.18. The zero-order valence-corrected chi connectivity index (χ0v) is 8.72. The van der Waals surface area contributed by atoms with Crippen LogP contribution in [-0.4, -0.2) is 19.8 Å². The number of hydrogen-bond acceptors (Lipinski definition) is 4. The second-order valence-electron chi connectivity index (χ2n) is 2.97. The van der Waals surface area contributed by atoms with E-state index in [-0.39, 0.29) is 0 Å². The van der Waals surface area contributed by atoms with E-state index in [4.69, 9.17) is 9.79 Å². The fourth-order valence-electron chi connectivity index (χ4n) is 1.19. The number of benzene rings is 1. The van der Waals surface area contributed by atoms with Crippen LogP contribution in [0.2, 0.25) is 0 Å². The van der Waals surface area contributed by atoms with Crippen LogP contribution in [0.25, 0.3) is 11.0 Å². The Morgan fingerprint density at radius 3 is 2.69 bits per heavy atom. The lowest BCUT2D eigenvalue weighted by Gasteiger charge is -2.05. The smallest absolute Gasteiger partial charge is 0.380 e. The Morgan fingerprint density at radius 1 is 1.31 bits per heavy atom. The fraction of sp³-hybridized carbons (Fsp3) is 0. The predicted octanol–water partition coefficient (Wildman–Crippen LogP) is 0.395. The SMILES string of the molecule is O=c1[nH]c2ccccc2nc1OP(=O)(O)O. The minimum absolute atomic E-state index is 0.380. The molecule has 84 valence electrons. The summed E-state index contributed by atoms with van der Waals surface area (Å²) in [6, 6.07) is 6.57. The molecule has 0 bridgehead atoms. The van der Waals surface area contributed by atoms with E-state index >= 15 is 0 Å². The van der Waals surface area contributed by atoms with Crippen LogP contribution in [0.4, 0.5) is 0 Å². The van der Waals surface area contributed by atoms with Crippen molar-refractivity contribution in [3.63, 3.8) is 0 Å². The third-order valence-electron chi connectivity index (χ3n) is 1.77. The molecule has 0 aliphatic heterocycles. The van der Waals surface area contributed by atoms with Crippen molar-refractivity contribution in [2.24, 2.45) is 0 Å². The van der Waals surface area contributed by atoms with Crippen molar-refractivity contribution >= 4 is 18.9 Å². The van der Waals surface area contributed by atoms with Crippen LogP contribution >= 0.6 is 7.82 Å². The molecule has 0 saturated carbocycles. The second-order valence-corrected chi connectivity index (χ2v) is 4.13. The molecule has 8 heteroatoms. The van der Waals surface area contributed by atoms with Gasteiger partial charge in [0.05, 0.1) is 11.0 Å². The van der Waals surface area contributed by atoms with Gasteiger partial charge in [0.2, 0.25) is 0 Å². The molecule has 0 aliphatic rings. The summed E-state index contributed by atoms with van der Waals surface area (Å²) in [5.41, 5.74) is 0.0538. The minimum atomic E-state index is -4.78. The molecule has 0 unspecified atom stereocenters. The summed E-state index contributed by atoms with van der Waals surface area (Å²) in [5, 5.41) is 0. The molecule has 0 saturated heterocycles. The van der Waals surface area contributed by atoms with Crippen molar-refractivity contribution in [1.29, 1.82) is 0 Å². The van der Waals surface area contributed by atoms with Crippen LogP contribution in [0.3, 0.4) is 0 Å². The molecule has 0 aliphatic carbocycles. The Bertz CT molecular complexity index is 632. The van der Waals surface area contributed by atoms with Gasteiger partial charge in [-0.05, 0) is 12.1 Å². The van der Waals surface area contributed by atoms with Crippen molar-refractivity contribution in [1.82, 2.24) is 9.97 Å². The van der Waals surface area contributed by atoms with Gasteiger partial charge in [-0.2, -0.15) is 0 Å². The van der Waals surface area contributed by atoms with E-state index in [1.54, 1.807) is 24.3 Å². The van der Waals surface area contributed by atoms with E-state index in [0.717, 1.165) is 0 Å². The Kier molecular flexibility index (Phi) is 2.51. The standard InChI is InChI=1S/C8H7N2O5P/c11-7-8(15-16(12,13)14)10-6-4-2-1-3-5(6)9-7/h1-4H,(H,9,11)(H2,12,13,14). The Balaban J connectivity index is 2.59. The lowest BCUT2D eigenvalue weighted by molar-refractivity contribution is 0.278. The number of phosphoric acid groups is 1. The topological polar surface area (TPSA) is 113 Å². The molecule has 7 nitrogen and oxygen atoms in total. The van der Waals surface area contributed by atoms with E-state index in [2.05, 4.69) is 14.5 Å². The van der Waals surface area contributed by atoms with Crippen molar-refractivity contribution in [3.8, 4) is 5.88 Å². The molecular weight excluding hydrogens is 235 g/mol. The van der Waals surface area contributed by atoms with Gasteiger partial charge < -0.3 is 9.51 Å². The van der Waals surface area contributed by atoms with Crippen molar-refractivity contribution in [2.75, 3.05) is 0 Å². The molecule has 0 radical (unpaired) electrons. The van der Waals surface area contributed by atoms with Crippen LogP contribution in [0.1, 0.15) is 0 Å². The van der Waals surface area contributed by atoms with Crippen LogP contribution in [0.15, 0.2) is 29.1 Å². The zero-order chi connectivity index (χ0) is 11.8. The van der Waals surface area contributed by atoms with E-state index < -0.39 is 19.3 Å². The highest BCUT2D eigenvalue weighted by Gasteiger charge is 2.19. The van der Waals surface area contributed by atoms with Crippen molar-refractivity contribution in [3.05, 3.63) is 34.6 Å². The third kappa shape index (κ3) is 2.27. The van der Waals surface area contributed by atoms with Gasteiger partial charge in [-0.25, -0.2) is 9.55 Å². The molecule has 0 atom stereocenters. The summed E-state index contributed by atoms with van der Waals surface area (Å²) in [4.78, 5) is 34.5.